The van der Waals surface area contributed by atoms with Gasteiger partial charge in [-0.1, -0.05) is 51.7 Å². The fraction of sp³-hybridized carbons (Fsp3) is 0.667. The van der Waals surface area contributed by atoms with Crippen molar-refractivity contribution in [2.24, 2.45) is 0 Å². The summed E-state index contributed by atoms with van der Waals surface area (Å²) >= 11 is 0. The van der Waals surface area contributed by atoms with E-state index in [2.05, 4.69) is 24.9 Å². The average Bonchev–Trinajstić information content (AvgIpc) is 2.16. The zero-order chi connectivity index (χ0) is 9.78. The summed E-state index contributed by atoms with van der Waals surface area (Å²) in [4.78, 5) is 0. The summed E-state index contributed by atoms with van der Waals surface area (Å²) in [5, 5.41) is 2.94. The Morgan fingerprint density at radius 2 is 1.77 bits per heavy atom. The maximum Gasteiger partial charge on any atom is -0.00359 e. The van der Waals surface area contributed by atoms with Crippen LogP contribution in [-0.4, -0.2) is 0 Å². The number of nitrogens with one attached hydrogen (secondary N) is 1. The van der Waals surface area contributed by atoms with Crippen LogP contribution in [0.3, 0.4) is 0 Å². The monoisotopic (exact) mass is 181 g/mol. The predicted molar refractivity (Wildman–Crippen MR) is 60.5 cm³/mol. The van der Waals surface area contributed by atoms with Crippen LogP contribution >= 0.6 is 0 Å². The molecule has 0 radical (unpaired) electrons. The van der Waals surface area contributed by atoms with Crippen LogP contribution in [0.15, 0.2) is 25.1 Å². The minimum atomic E-state index is 1.19. The molecule has 0 spiro atoms. The van der Waals surface area contributed by atoms with Crippen molar-refractivity contribution >= 4 is 0 Å². The molecule has 1 heteroatoms. The highest BCUT2D eigenvalue weighted by Crippen LogP contribution is 2.06. The Morgan fingerprint density at radius 3 is 2.46 bits per heavy atom. The van der Waals surface area contributed by atoms with E-state index in [9.17, 15) is 0 Å². The predicted octanol–water partition coefficient (Wildman–Crippen LogP) is 3.98. The van der Waals surface area contributed by atoms with Gasteiger partial charge in [0.05, 0.1) is 0 Å². The number of unbranched alkanes of at least 4 members (excludes halogenated alkanes) is 6. The van der Waals surface area contributed by atoms with Crippen molar-refractivity contribution in [3.63, 3.8) is 0 Å². The van der Waals surface area contributed by atoms with Gasteiger partial charge in [0, 0.05) is 0 Å². The second-order valence-corrected chi connectivity index (χ2v) is 3.33. The summed E-state index contributed by atoms with van der Waals surface area (Å²) in [7, 11) is 0. The molecular formula is C12H23N. The Kier molecular flexibility index (Phi) is 10.7. The van der Waals surface area contributed by atoms with E-state index < -0.39 is 0 Å². The summed E-state index contributed by atoms with van der Waals surface area (Å²) < 4.78 is 0. The Balaban J connectivity index is 2.94. The van der Waals surface area contributed by atoms with Crippen LogP contribution in [-0.2, 0) is 0 Å². The van der Waals surface area contributed by atoms with Crippen molar-refractivity contribution in [3.8, 4) is 0 Å². The van der Waals surface area contributed by atoms with Gasteiger partial charge in [0.2, 0.25) is 0 Å². The summed E-state index contributed by atoms with van der Waals surface area (Å²) in [6.45, 7) is 5.82. The highest BCUT2D eigenvalue weighted by atomic mass is 14.8. The maximum absolute atomic E-state index is 3.57. The van der Waals surface area contributed by atoms with E-state index in [1.165, 1.54) is 44.9 Å². The lowest BCUT2D eigenvalue weighted by Crippen LogP contribution is -1.88. The molecule has 0 saturated carbocycles. The van der Waals surface area contributed by atoms with Gasteiger partial charge in [-0.15, -0.1) is 0 Å². The van der Waals surface area contributed by atoms with E-state index in [4.69, 9.17) is 0 Å². The molecule has 0 aromatic carbocycles. The van der Waals surface area contributed by atoms with Crippen molar-refractivity contribution in [3.05, 3.63) is 25.1 Å². The van der Waals surface area contributed by atoms with Crippen LogP contribution in [0, 0.1) is 0 Å². The van der Waals surface area contributed by atoms with E-state index in [0.717, 1.165) is 0 Å². The van der Waals surface area contributed by atoms with Crippen molar-refractivity contribution < 1.29 is 0 Å². The van der Waals surface area contributed by atoms with Gasteiger partial charge in [0.1, 0.15) is 0 Å². The van der Waals surface area contributed by atoms with E-state index in [-0.39, 0.29) is 0 Å². The fourth-order valence-corrected chi connectivity index (χ4v) is 1.26. The molecule has 0 aliphatic carbocycles. The van der Waals surface area contributed by atoms with E-state index in [0.29, 0.717) is 0 Å². The smallest absolute Gasteiger partial charge is 0.00359 e. The summed E-state index contributed by atoms with van der Waals surface area (Å²) in [5.41, 5.74) is 0. The van der Waals surface area contributed by atoms with E-state index in [1.807, 2.05) is 6.20 Å². The van der Waals surface area contributed by atoms with Crippen LogP contribution in [0.1, 0.15) is 51.9 Å². The van der Waals surface area contributed by atoms with E-state index >= 15 is 0 Å². The van der Waals surface area contributed by atoms with Gasteiger partial charge in [-0.05, 0) is 25.2 Å². The average molecular weight is 181 g/mol. The van der Waals surface area contributed by atoms with Crippen molar-refractivity contribution in [1.29, 1.82) is 0 Å². The van der Waals surface area contributed by atoms with Gasteiger partial charge in [0.15, 0.2) is 0 Å². The van der Waals surface area contributed by atoms with Crippen molar-refractivity contribution in [2.45, 2.75) is 51.9 Å². The lowest BCUT2D eigenvalue weighted by Gasteiger charge is -1.97. The standard InChI is InChI=1S/C12H23N/c1-3-5-6-7-8-9-10-11-12-13-4-2/h4,11-13H,2-3,5-10H2,1H3/b12-11+. The summed E-state index contributed by atoms with van der Waals surface area (Å²) in [6, 6.07) is 0. The molecule has 0 aliphatic heterocycles. The lowest BCUT2D eigenvalue weighted by atomic mass is 10.1. The van der Waals surface area contributed by atoms with Gasteiger partial charge in [-0.2, -0.15) is 0 Å². The second-order valence-electron chi connectivity index (χ2n) is 3.33. The Labute approximate surface area is 82.9 Å². The van der Waals surface area contributed by atoms with Crippen LogP contribution in [0.2, 0.25) is 0 Å². The highest BCUT2D eigenvalue weighted by Gasteiger charge is 1.87. The molecule has 0 bridgehead atoms. The lowest BCUT2D eigenvalue weighted by molar-refractivity contribution is 0.611. The molecule has 0 amide bonds. The molecule has 0 aromatic heterocycles. The second kappa shape index (κ2) is 11.3. The minimum absolute atomic E-state index is 1.19. The van der Waals surface area contributed by atoms with Gasteiger partial charge in [-0.25, -0.2) is 0 Å². The van der Waals surface area contributed by atoms with Crippen molar-refractivity contribution in [1.82, 2.24) is 5.32 Å². The normalized spacial score (nSPS) is 10.5. The minimum Gasteiger partial charge on any atom is -0.369 e. The number of allylic oxidation sites excluding steroid dienone is 1. The SMILES string of the molecule is C=CN/C=C/CCCCCCCC. The quantitative estimate of drug-likeness (QED) is 0.530. The molecule has 1 N–H and O–H groups in total. The van der Waals surface area contributed by atoms with Crippen LogP contribution in [0.5, 0.6) is 0 Å². The molecule has 0 heterocycles. The molecule has 0 rings (SSSR count). The van der Waals surface area contributed by atoms with E-state index in [1.54, 1.807) is 6.20 Å². The first-order chi connectivity index (χ1) is 6.41. The van der Waals surface area contributed by atoms with Gasteiger partial charge in [0.25, 0.3) is 0 Å². The highest BCUT2D eigenvalue weighted by molar-refractivity contribution is 4.83. The molecule has 76 valence electrons. The zero-order valence-corrected chi connectivity index (χ0v) is 8.89. The molecule has 0 saturated heterocycles. The van der Waals surface area contributed by atoms with Crippen LogP contribution in [0.25, 0.3) is 0 Å². The molecule has 0 atom stereocenters. The third kappa shape index (κ3) is 11.3. The molecular weight excluding hydrogens is 158 g/mol. The summed E-state index contributed by atoms with van der Waals surface area (Å²) in [6.07, 6.45) is 15.2. The molecule has 0 aliphatic rings. The molecule has 1 nitrogen and oxygen atoms in total. The molecule has 0 aromatic rings. The topological polar surface area (TPSA) is 12.0 Å². The molecule has 13 heavy (non-hydrogen) atoms. The first-order valence-corrected chi connectivity index (χ1v) is 5.43. The number of rotatable bonds is 9. The third-order valence-electron chi connectivity index (χ3n) is 2.06. The van der Waals surface area contributed by atoms with Gasteiger partial charge in [-0.3, -0.25) is 0 Å². The first kappa shape index (κ1) is 12.3. The Bertz CT molecular complexity index is 127. The van der Waals surface area contributed by atoms with Crippen molar-refractivity contribution in [2.75, 3.05) is 0 Å². The zero-order valence-electron chi connectivity index (χ0n) is 8.89. The number of hydrogen-bond acceptors (Lipinski definition) is 1. The van der Waals surface area contributed by atoms with Crippen LogP contribution in [0.4, 0.5) is 0 Å². The number of hydrogen-bond donors (Lipinski definition) is 1. The maximum atomic E-state index is 3.57. The fourth-order valence-electron chi connectivity index (χ4n) is 1.26. The third-order valence-corrected chi connectivity index (χ3v) is 2.06. The Hall–Kier alpha value is -0.720. The largest absolute Gasteiger partial charge is 0.369 e. The molecule has 0 unspecified atom stereocenters. The van der Waals surface area contributed by atoms with Gasteiger partial charge < -0.3 is 5.32 Å². The Morgan fingerprint density at radius 1 is 1.08 bits per heavy atom. The van der Waals surface area contributed by atoms with Crippen LogP contribution < -0.4 is 5.32 Å². The summed E-state index contributed by atoms with van der Waals surface area (Å²) in [5.74, 6) is 0. The molecule has 0 fully saturated rings. The first-order valence-electron chi connectivity index (χ1n) is 5.43. The van der Waals surface area contributed by atoms with Gasteiger partial charge >= 0.3 is 0 Å².